The lowest BCUT2D eigenvalue weighted by atomic mass is 10.3. The van der Waals surface area contributed by atoms with E-state index in [-0.39, 0.29) is 5.84 Å². The van der Waals surface area contributed by atoms with Gasteiger partial charge in [0.05, 0.1) is 6.10 Å². The van der Waals surface area contributed by atoms with Crippen LogP contribution in [0.5, 0.6) is 0 Å². The average molecular weight is 239 g/mol. The van der Waals surface area contributed by atoms with Gasteiger partial charge in [0, 0.05) is 19.3 Å². The van der Waals surface area contributed by atoms with Crippen molar-refractivity contribution in [1.29, 1.82) is 0 Å². The Morgan fingerprint density at radius 2 is 2.24 bits per heavy atom. The first-order valence-electron chi connectivity index (χ1n) is 5.16. The van der Waals surface area contributed by atoms with E-state index in [4.69, 9.17) is 10.9 Å². The summed E-state index contributed by atoms with van der Waals surface area (Å²) in [4.78, 5) is 10.1. The number of hydrogen-bond acceptors (Lipinski definition) is 6. The molecule has 4 N–H and O–H groups in total. The Labute approximate surface area is 99.6 Å². The molecule has 0 radical (unpaired) electrons. The summed E-state index contributed by atoms with van der Waals surface area (Å²) in [6, 6.07) is 1.62. The van der Waals surface area contributed by atoms with E-state index in [2.05, 4.69) is 15.1 Å². The Morgan fingerprint density at radius 1 is 1.59 bits per heavy atom. The van der Waals surface area contributed by atoms with Crippen LogP contribution >= 0.6 is 0 Å². The molecule has 1 aromatic heterocycles. The summed E-state index contributed by atoms with van der Waals surface area (Å²) in [7, 11) is 1.76. The molecule has 7 heteroatoms. The molecule has 0 aliphatic rings. The van der Waals surface area contributed by atoms with Crippen LogP contribution in [0, 0.1) is 6.92 Å². The number of amidine groups is 1. The van der Waals surface area contributed by atoms with E-state index < -0.39 is 6.10 Å². The molecule has 0 aliphatic carbocycles. The van der Waals surface area contributed by atoms with Crippen molar-refractivity contribution in [2.75, 3.05) is 18.5 Å². The van der Waals surface area contributed by atoms with Crippen molar-refractivity contribution in [3.8, 4) is 0 Å². The van der Waals surface area contributed by atoms with E-state index in [0.717, 1.165) is 0 Å². The van der Waals surface area contributed by atoms with Crippen LogP contribution in [0.2, 0.25) is 0 Å². The number of anilines is 1. The van der Waals surface area contributed by atoms with E-state index in [1.54, 1.807) is 31.9 Å². The monoisotopic (exact) mass is 239 g/mol. The predicted octanol–water partition coefficient (Wildman–Crippen LogP) is -0.303. The molecular weight excluding hydrogens is 222 g/mol. The minimum atomic E-state index is -0.489. The number of rotatable bonds is 4. The summed E-state index contributed by atoms with van der Waals surface area (Å²) in [6.07, 6.45) is -0.489. The number of aliphatic hydroxyl groups is 1. The molecule has 1 atom stereocenters. The second-order valence-corrected chi connectivity index (χ2v) is 3.91. The SMILES string of the molecule is Cc1cc(/C(N)=N/O)nc(N(C)CC(C)O)n1. The molecule has 0 spiro atoms. The Balaban J connectivity index is 3.05. The molecular formula is C10H17N5O2. The van der Waals surface area contributed by atoms with Gasteiger partial charge in [0.2, 0.25) is 5.95 Å². The van der Waals surface area contributed by atoms with Crippen molar-refractivity contribution in [3.05, 3.63) is 17.5 Å². The summed E-state index contributed by atoms with van der Waals surface area (Å²) < 4.78 is 0. The van der Waals surface area contributed by atoms with Crippen LogP contribution in [-0.2, 0) is 0 Å². The maximum Gasteiger partial charge on any atom is 0.226 e. The lowest BCUT2D eigenvalue weighted by Gasteiger charge is -2.19. The normalized spacial score (nSPS) is 13.5. The lowest BCUT2D eigenvalue weighted by molar-refractivity contribution is 0.201. The first kappa shape index (κ1) is 13.2. The smallest absolute Gasteiger partial charge is 0.226 e. The number of oxime groups is 1. The van der Waals surface area contributed by atoms with Gasteiger partial charge in [-0.25, -0.2) is 9.97 Å². The van der Waals surface area contributed by atoms with Crippen molar-refractivity contribution in [2.24, 2.45) is 10.9 Å². The average Bonchev–Trinajstić information content (AvgIpc) is 2.26. The maximum absolute atomic E-state index is 9.29. The molecule has 0 fully saturated rings. The minimum Gasteiger partial charge on any atom is -0.409 e. The van der Waals surface area contributed by atoms with E-state index in [9.17, 15) is 5.11 Å². The predicted molar refractivity (Wildman–Crippen MR) is 64.2 cm³/mol. The second-order valence-electron chi connectivity index (χ2n) is 3.91. The van der Waals surface area contributed by atoms with Gasteiger partial charge in [0.1, 0.15) is 5.69 Å². The van der Waals surface area contributed by atoms with E-state index in [1.807, 2.05) is 0 Å². The fraction of sp³-hybridized carbons (Fsp3) is 0.500. The Kier molecular flexibility index (Phi) is 4.22. The summed E-state index contributed by atoms with van der Waals surface area (Å²) >= 11 is 0. The van der Waals surface area contributed by atoms with Crippen LogP contribution in [-0.4, -0.2) is 45.8 Å². The van der Waals surface area contributed by atoms with E-state index >= 15 is 0 Å². The Morgan fingerprint density at radius 3 is 2.76 bits per heavy atom. The highest BCUT2D eigenvalue weighted by Gasteiger charge is 2.11. The van der Waals surface area contributed by atoms with Gasteiger partial charge in [-0.2, -0.15) is 0 Å². The molecule has 0 saturated carbocycles. The molecule has 1 unspecified atom stereocenters. The number of likely N-dealkylation sites (N-methyl/N-ethyl adjacent to an activating group) is 1. The number of aromatic nitrogens is 2. The van der Waals surface area contributed by atoms with Gasteiger partial charge in [0.25, 0.3) is 0 Å². The topological polar surface area (TPSA) is 108 Å². The van der Waals surface area contributed by atoms with Gasteiger partial charge in [0.15, 0.2) is 5.84 Å². The highest BCUT2D eigenvalue weighted by atomic mass is 16.4. The van der Waals surface area contributed by atoms with Crippen molar-refractivity contribution in [2.45, 2.75) is 20.0 Å². The quantitative estimate of drug-likeness (QED) is 0.288. The molecule has 1 heterocycles. The van der Waals surface area contributed by atoms with Crippen molar-refractivity contribution in [3.63, 3.8) is 0 Å². The number of aliphatic hydroxyl groups excluding tert-OH is 1. The largest absolute Gasteiger partial charge is 0.409 e. The third-order valence-electron chi connectivity index (χ3n) is 2.09. The molecule has 17 heavy (non-hydrogen) atoms. The van der Waals surface area contributed by atoms with Crippen LogP contribution in [0.3, 0.4) is 0 Å². The fourth-order valence-corrected chi connectivity index (χ4v) is 1.38. The Bertz CT molecular complexity index is 419. The number of aryl methyl sites for hydroxylation is 1. The highest BCUT2D eigenvalue weighted by molar-refractivity contribution is 5.95. The maximum atomic E-state index is 9.29. The first-order valence-corrected chi connectivity index (χ1v) is 5.16. The second kappa shape index (κ2) is 5.44. The van der Waals surface area contributed by atoms with Crippen LogP contribution in [0.4, 0.5) is 5.95 Å². The van der Waals surface area contributed by atoms with E-state index in [0.29, 0.717) is 23.9 Å². The molecule has 94 valence electrons. The van der Waals surface area contributed by atoms with Crippen LogP contribution in [0.15, 0.2) is 11.2 Å². The van der Waals surface area contributed by atoms with Gasteiger partial charge >= 0.3 is 0 Å². The number of nitrogens with two attached hydrogens (primary N) is 1. The molecule has 0 amide bonds. The van der Waals surface area contributed by atoms with Gasteiger partial charge in [-0.15, -0.1) is 0 Å². The molecule has 0 bridgehead atoms. The summed E-state index contributed by atoms with van der Waals surface area (Å²) in [5, 5.41) is 20.8. The first-order chi connectivity index (χ1) is 7.93. The summed E-state index contributed by atoms with van der Waals surface area (Å²) in [6.45, 7) is 3.87. The van der Waals surface area contributed by atoms with Crippen LogP contribution in [0.1, 0.15) is 18.3 Å². The zero-order chi connectivity index (χ0) is 13.0. The molecule has 0 aliphatic heterocycles. The standard InChI is InChI=1S/C10H17N5O2/c1-6-4-8(9(11)14-17)13-10(12-6)15(3)5-7(2)16/h4,7,16-17H,5H2,1-3H3,(H2,11,14). The third kappa shape index (κ3) is 3.56. The molecule has 0 aromatic carbocycles. The van der Waals surface area contributed by atoms with Gasteiger partial charge in [-0.3, -0.25) is 0 Å². The molecule has 7 nitrogen and oxygen atoms in total. The molecule has 0 saturated heterocycles. The van der Waals surface area contributed by atoms with Gasteiger partial charge in [-0.05, 0) is 19.9 Å². The highest BCUT2D eigenvalue weighted by Crippen LogP contribution is 2.09. The van der Waals surface area contributed by atoms with E-state index in [1.165, 1.54) is 0 Å². The van der Waals surface area contributed by atoms with Crippen LogP contribution in [0.25, 0.3) is 0 Å². The fourth-order valence-electron chi connectivity index (χ4n) is 1.38. The molecule has 1 aromatic rings. The lowest BCUT2D eigenvalue weighted by Crippen LogP contribution is -2.29. The zero-order valence-corrected chi connectivity index (χ0v) is 10.1. The zero-order valence-electron chi connectivity index (χ0n) is 10.1. The molecule has 1 rings (SSSR count). The summed E-state index contributed by atoms with van der Waals surface area (Å²) in [5.74, 6) is 0.356. The number of hydrogen-bond donors (Lipinski definition) is 3. The third-order valence-corrected chi connectivity index (χ3v) is 2.09. The van der Waals surface area contributed by atoms with Gasteiger partial charge < -0.3 is 20.9 Å². The number of nitrogens with zero attached hydrogens (tertiary/aromatic N) is 4. The minimum absolute atomic E-state index is 0.0674. The Hall–Kier alpha value is -1.89. The van der Waals surface area contributed by atoms with Crippen molar-refractivity contribution < 1.29 is 10.3 Å². The summed E-state index contributed by atoms with van der Waals surface area (Å²) in [5.41, 5.74) is 6.53. The van der Waals surface area contributed by atoms with Crippen molar-refractivity contribution in [1.82, 2.24) is 9.97 Å². The van der Waals surface area contributed by atoms with Gasteiger partial charge in [-0.1, -0.05) is 5.16 Å². The van der Waals surface area contributed by atoms with Crippen LogP contribution < -0.4 is 10.6 Å². The van der Waals surface area contributed by atoms with Crippen molar-refractivity contribution >= 4 is 11.8 Å².